The fourth-order valence-electron chi connectivity index (χ4n) is 9.66. The monoisotopic (exact) mass is 546 g/mol. The van der Waals surface area contributed by atoms with Gasteiger partial charge < -0.3 is 13.6 Å². The van der Waals surface area contributed by atoms with Crippen molar-refractivity contribution in [1.29, 1.82) is 0 Å². The minimum absolute atomic E-state index is 0.102. The van der Waals surface area contributed by atoms with Crippen LogP contribution in [0.1, 0.15) is 99.8 Å². The van der Waals surface area contributed by atoms with Gasteiger partial charge in [-0.15, -0.1) is 0 Å². The molecule has 0 aromatic heterocycles. The predicted molar refractivity (Wildman–Crippen MR) is 156 cm³/mol. The zero-order valence-electron chi connectivity index (χ0n) is 24.9. The third kappa shape index (κ3) is 4.00. The van der Waals surface area contributed by atoms with Gasteiger partial charge in [-0.25, -0.2) is 0 Å². The number of ketones is 1. The Kier molecular flexibility index (Phi) is 7.62. The lowest BCUT2D eigenvalue weighted by Gasteiger charge is -2.61. The largest absolute Gasteiger partial charge is 0.413 e. The van der Waals surface area contributed by atoms with E-state index in [4.69, 9.17) is 13.6 Å². The number of allylic oxidation sites excluding steroid dienone is 1. The predicted octanol–water partition coefficient (Wildman–Crippen LogP) is 8.18. The molecule has 37 heavy (non-hydrogen) atoms. The molecule has 2 aliphatic heterocycles. The first-order chi connectivity index (χ1) is 17.7. The highest BCUT2D eigenvalue weighted by Crippen LogP contribution is 2.68. The fourth-order valence-corrected chi connectivity index (χ4v) is 15.4. The molecule has 3 aliphatic carbocycles. The topological polar surface area (TPSA) is 44.8 Å². The molecule has 6 heteroatoms. The van der Waals surface area contributed by atoms with Crippen molar-refractivity contribution in [3.8, 4) is 0 Å². The summed E-state index contributed by atoms with van der Waals surface area (Å²) in [5.74, 6) is 1.05. The van der Waals surface area contributed by atoms with Crippen molar-refractivity contribution in [1.82, 2.24) is 0 Å². The summed E-state index contributed by atoms with van der Waals surface area (Å²) >= 11 is 0. The molecule has 2 spiro atoms. The Morgan fingerprint density at radius 3 is 2.14 bits per heavy atom. The summed E-state index contributed by atoms with van der Waals surface area (Å²) in [4.78, 5) is 13.2. The molecule has 2 saturated heterocycles. The Bertz CT molecular complexity index is 894. The molecule has 0 amide bonds. The molecule has 0 unspecified atom stereocenters. The average Bonchev–Trinajstić information content (AvgIpc) is 3.40. The van der Waals surface area contributed by atoms with Crippen molar-refractivity contribution in [2.75, 3.05) is 0 Å². The van der Waals surface area contributed by atoms with E-state index in [9.17, 15) is 4.79 Å². The van der Waals surface area contributed by atoms with E-state index < -0.39 is 16.6 Å². The summed E-state index contributed by atoms with van der Waals surface area (Å²) in [6.45, 7) is 16.4. The van der Waals surface area contributed by atoms with Crippen LogP contribution in [0.15, 0.2) is 11.6 Å². The van der Waals surface area contributed by atoms with Gasteiger partial charge in [0.1, 0.15) is 5.78 Å². The summed E-state index contributed by atoms with van der Waals surface area (Å²) < 4.78 is 22.6. The lowest BCUT2D eigenvalue weighted by Crippen LogP contribution is -2.67. The van der Waals surface area contributed by atoms with Crippen LogP contribution in [-0.4, -0.2) is 45.8 Å². The molecule has 210 valence electrons. The summed E-state index contributed by atoms with van der Waals surface area (Å²) in [6, 6.07) is 7.07. The van der Waals surface area contributed by atoms with Crippen LogP contribution in [-0.2, 0) is 18.4 Å². The molecule has 5 rings (SSSR count). The molecule has 0 aromatic carbocycles. The average molecular weight is 547 g/mol. The Morgan fingerprint density at radius 2 is 1.51 bits per heavy atom. The molecule has 2 saturated carbocycles. The van der Waals surface area contributed by atoms with Gasteiger partial charge >= 0.3 is 0 Å². The van der Waals surface area contributed by atoms with Crippen LogP contribution in [0.3, 0.4) is 0 Å². The number of rotatable bonds is 10. The van der Waals surface area contributed by atoms with Crippen molar-refractivity contribution in [2.24, 2.45) is 17.3 Å². The van der Waals surface area contributed by atoms with Crippen LogP contribution < -0.4 is 0 Å². The molecule has 4 nitrogen and oxygen atoms in total. The van der Waals surface area contributed by atoms with Crippen molar-refractivity contribution in [3.05, 3.63) is 11.6 Å². The smallest absolute Gasteiger partial charge is 0.192 e. The van der Waals surface area contributed by atoms with Gasteiger partial charge in [-0.05, 0) is 86.8 Å². The first kappa shape index (κ1) is 28.3. The molecular weight excluding hydrogens is 493 g/mol. The van der Waals surface area contributed by atoms with Crippen molar-refractivity contribution >= 4 is 22.4 Å². The minimum atomic E-state index is -1.88. The van der Waals surface area contributed by atoms with E-state index >= 15 is 0 Å². The number of Topliss-reactive ketones (excluding diaryl/α,β-unsaturated/α-hetero) is 1. The van der Waals surface area contributed by atoms with Gasteiger partial charge in [0.15, 0.2) is 16.6 Å². The van der Waals surface area contributed by atoms with E-state index in [1.807, 2.05) is 0 Å². The quantitative estimate of drug-likeness (QED) is 0.205. The van der Waals surface area contributed by atoms with E-state index in [0.29, 0.717) is 11.7 Å². The lowest BCUT2D eigenvalue weighted by atomic mass is 9.58. The number of hydrogen-bond donors (Lipinski definition) is 0. The maximum Gasteiger partial charge on any atom is 0.192 e. The number of ether oxygens (including phenoxy) is 1. The van der Waals surface area contributed by atoms with Gasteiger partial charge in [-0.3, -0.25) is 4.79 Å². The number of hydrogen-bond acceptors (Lipinski definition) is 4. The number of fused-ring (bicyclic) bond motifs is 1. The van der Waals surface area contributed by atoms with Crippen LogP contribution in [0.25, 0.3) is 0 Å². The van der Waals surface area contributed by atoms with Gasteiger partial charge in [0.2, 0.25) is 0 Å². The molecule has 0 aromatic rings. The SMILES string of the molecule is CC[Si](CC)(CC)O[C@@H]1CCC[C@@]23CC[C@@]4(O2)C(=CC[C@]2(C)C(=O)CC[C@H]24)[C@H](O[Si](CC)(CC)CC)[C@@H]13. The van der Waals surface area contributed by atoms with Gasteiger partial charge in [0.05, 0.1) is 23.4 Å². The zero-order valence-corrected chi connectivity index (χ0v) is 26.9. The third-order valence-electron chi connectivity index (χ3n) is 12.5. The van der Waals surface area contributed by atoms with Crippen LogP contribution in [0, 0.1) is 17.3 Å². The van der Waals surface area contributed by atoms with E-state index in [-0.39, 0.29) is 34.7 Å². The lowest BCUT2D eigenvalue weighted by molar-refractivity contribution is -0.232. The summed E-state index contributed by atoms with van der Waals surface area (Å²) in [5.41, 5.74) is 0.717. The Labute approximate surface area is 228 Å². The maximum absolute atomic E-state index is 13.2. The molecule has 5 aliphatic rings. The Hall–Kier alpha value is -0.276. The molecule has 0 N–H and O–H groups in total. The van der Waals surface area contributed by atoms with Crippen LogP contribution >= 0.6 is 0 Å². The van der Waals surface area contributed by atoms with Gasteiger partial charge in [0.25, 0.3) is 0 Å². The normalized spacial score (nSPS) is 41.3. The molecular formula is C31H54O4Si2. The summed E-state index contributed by atoms with van der Waals surface area (Å²) in [6.07, 6.45) is 11.0. The highest BCUT2D eigenvalue weighted by atomic mass is 28.4. The Balaban J connectivity index is 1.63. The van der Waals surface area contributed by atoms with Crippen molar-refractivity contribution < 1.29 is 18.4 Å². The second-order valence-corrected chi connectivity index (χ2v) is 22.9. The molecule has 2 heterocycles. The number of carbonyl (C=O) groups excluding carboxylic acids is 1. The molecule has 7 atom stereocenters. The Morgan fingerprint density at radius 1 is 0.892 bits per heavy atom. The third-order valence-corrected chi connectivity index (χ3v) is 21.8. The van der Waals surface area contributed by atoms with E-state index in [2.05, 4.69) is 54.5 Å². The number of carbonyl (C=O) groups is 1. The standard InChI is InChI=1S/C31H54O4Si2/c1-8-36(9-2,10-3)33-24-15-14-19-30-21-22-31(35-30)23(18-20-29(7)25(31)16-17-26(29)32)28(27(24)30)34-37(11-4,12-5)13-6/h18,24-25,27-28H,8-17,19-22H2,1-7H3/t24-,25-,27-,28+,29+,30+,31-/m1/s1. The van der Waals surface area contributed by atoms with E-state index in [1.165, 1.54) is 48.3 Å². The van der Waals surface area contributed by atoms with E-state index in [0.717, 1.165) is 44.9 Å². The van der Waals surface area contributed by atoms with Gasteiger partial charge in [-0.1, -0.05) is 54.5 Å². The first-order valence-corrected chi connectivity index (χ1v) is 21.0. The van der Waals surface area contributed by atoms with Crippen molar-refractivity contribution in [3.63, 3.8) is 0 Å². The van der Waals surface area contributed by atoms with E-state index in [1.54, 1.807) is 0 Å². The minimum Gasteiger partial charge on any atom is -0.413 e. The van der Waals surface area contributed by atoms with Crippen LogP contribution in [0.2, 0.25) is 36.3 Å². The second kappa shape index (κ2) is 9.97. The second-order valence-electron chi connectivity index (χ2n) is 13.5. The molecule has 0 radical (unpaired) electrons. The van der Waals surface area contributed by atoms with Crippen LogP contribution in [0.5, 0.6) is 0 Å². The van der Waals surface area contributed by atoms with Crippen LogP contribution in [0.4, 0.5) is 0 Å². The van der Waals surface area contributed by atoms with Gasteiger partial charge in [-0.2, -0.15) is 0 Å². The zero-order chi connectivity index (χ0) is 26.7. The molecule has 4 fully saturated rings. The summed E-state index contributed by atoms with van der Waals surface area (Å²) in [7, 11) is -3.66. The molecule has 2 bridgehead atoms. The summed E-state index contributed by atoms with van der Waals surface area (Å²) in [5, 5.41) is 0. The highest BCUT2D eigenvalue weighted by molar-refractivity contribution is 6.74. The highest BCUT2D eigenvalue weighted by Gasteiger charge is 2.72. The first-order valence-electron chi connectivity index (χ1n) is 16.0. The maximum atomic E-state index is 13.2. The van der Waals surface area contributed by atoms with Gasteiger partial charge in [0, 0.05) is 23.7 Å². The fraction of sp³-hybridized carbons (Fsp3) is 0.903. The van der Waals surface area contributed by atoms with Crippen molar-refractivity contribution in [2.45, 2.75) is 160 Å².